The summed E-state index contributed by atoms with van der Waals surface area (Å²) in [5.74, 6) is -1.56. The Hall–Kier alpha value is -3.95. The van der Waals surface area contributed by atoms with Crippen LogP contribution in [0.15, 0.2) is 30.1 Å². The summed E-state index contributed by atoms with van der Waals surface area (Å²) in [6.45, 7) is 23.8. The first-order chi connectivity index (χ1) is 22.3. The van der Waals surface area contributed by atoms with Gasteiger partial charge in [0, 0.05) is 61.3 Å². The molecule has 10 heteroatoms. The van der Waals surface area contributed by atoms with Crippen molar-refractivity contribution in [3.63, 3.8) is 0 Å². The van der Waals surface area contributed by atoms with Gasteiger partial charge in [-0.25, -0.2) is 0 Å². The molecule has 7 unspecified atom stereocenters. The average Bonchev–Trinajstić information content (AvgIpc) is 3.01. The molecule has 0 aliphatic heterocycles. The number of allylic oxidation sites excluding steroid dienone is 1. The Morgan fingerprint density at radius 1 is 0.667 bits per heavy atom. The van der Waals surface area contributed by atoms with Crippen molar-refractivity contribution < 1.29 is 37.4 Å². The third-order valence-electron chi connectivity index (χ3n) is 9.23. The second-order valence-corrected chi connectivity index (χ2v) is 13.0. The third-order valence-corrected chi connectivity index (χ3v) is 9.23. The van der Waals surface area contributed by atoms with Crippen molar-refractivity contribution >= 4 is 17.9 Å². The third kappa shape index (κ3) is 9.14. The predicted octanol–water partition coefficient (Wildman–Crippen LogP) is 7.19. The standard InChI is InChI=1S/C38H54O10/c1-15-30-20(5)32(42)23(8)37(47-30)26(11)38(46-29(14)41)25(10)35(45-28(13)40)19(4)17-18(3)34-22(7)33(43)24(9)36(48-34)21(6)31(16-2)44-27(12)39/h17-18,21,25-26,31,35,38H,15-16H2,1-14H3. The Balaban J connectivity index is 2.66. The van der Waals surface area contributed by atoms with E-state index >= 15 is 0 Å². The number of aryl methyl sites for hydroxylation is 1. The van der Waals surface area contributed by atoms with Gasteiger partial charge >= 0.3 is 17.9 Å². The van der Waals surface area contributed by atoms with Gasteiger partial charge in [-0.15, -0.1) is 0 Å². The second-order valence-electron chi connectivity index (χ2n) is 13.0. The molecule has 0 N–H and O–H groups in total. The fourth-order valence-corrected chi connectivity index (χ4v) is 6.68. The van der Waals surface area contributed by atoms with E-state index in [1.165, 1.54) is 20.8 Å². The minimum absolute atomic E-state index is 0.127. The number of rotatable bonds is 14. The predicted molar refractivity (Wildman–Crippen MR) is 183 cm³/mol. The molecule has 2 heterocycles. The van der Waals surface area contributed by atoms with E-state index in [1.807, 2.05) is 54.5 Å². The molecular weight excluding hydrogens is 616 g/mol. The molecule has 2 rings (SSSR count). The summed E-state index contributed by atoms with van der Waals surface area (Å²) in [4.78, 5) is 63.1. The van der Waals surface area contributed by atoms with Gasteiger partial charge in [-0.2, -0.15) is 0 Å². The van der Waals surface area contributed by atoms with Crippen LogP contribution in [0.5, 0.6) is 0 Å². The van der Waals surface area contributed by atoms with E-state index in [9.17, 15) is 24.0 Å². The van der Waals surface area contributed by atoms with Crippen LogP contribution in [0.3, 0.4) is 0 Å². The molecule has 0 bridgehead atoms. The second kappa shape index (κ2) is 16.9. The van der Waals surface area contributed by atoms with Crippen LogP contribution in [0.1, 0.15) is 139 Å². The molecule has 0 fully saturated rings. The fourth-order valence-electron chi connectivity index (χ4n) is 6.68. The van der Waals surface area contributed by atoms with Crippen molar-refractivity contribution in [1.82, 2.24) is 0 Å². The molecule has 2 aromatic rings. The van der Waals surface area contributed by atoms with E-state index in [0.29, 0.717) is 63.7 Å². The Labute approximate surface area is 284 Å². The smallest absolute Gasteiger partial charge is 0.303 e. The van der Waals surface area contributed by atoms with Crippen molar-refractivity contribution in [3.05, 3.63) is 77.4 Å². The molecule has 0 saturated carbocycles. The summed E-state index contributed by atoms with van der Waals surface area (Å²) in [7, 11) is 0. The molecule has 0 aliphatic carbocycles. The largest absolute Gasteiger partial charge is 0.465 e. The fraction of sp³-hybridized carbons (Fsp3) is 0.605. The van der Waals surface area contributed by atoms with Crippen molar-refractivity contribution in [2.24, 2.45) is 5.92 Å². The van der Waals surface area contributed by atoms with Gasteiger partial charge in [-0.1, -0.05) is 47.6 Å². The van der Waals surface area contributed by atoms with Crippen LogP contribution in [-0.2, 0) is 35.0 Å². The summed E-state index contributed by atoms with van der Waals surface area (Å²) in [6, 6.07) is 0. The number of hydrogen-bond acceptors (Lipinski definition) is 10. The van der Waals surface area contributed by atoms with E-state index in [-0.39, 0.29) is 16.8 Å². The summed E-state index contributed by atoms with van der Waals surface area (Å²) >= 11 is 0. The van der Waals surface area contributed by atoms with Crippen LogP contribution in [0.4, 0.5) is 0 Å². The topological polar surface area (TPSA) is 139 Å². The van der Waals surface area contributed by atoms with Crippen LogP contribution in [0, 0.1) is 33.6 Å². The van der Waals surface area contributed by atoms with Crippen molar-refractivity contribution in [2.45, 2.75) is 146 Å². The lowest BCUT2D eigenvalue weighted by atomic mass is 9.83. The first-order valence-electron chi connectivity index (χ1n) is 16.8. The molecule has 10 nitrogen and oxygen atoms in total. The highest BCUT2D eigenvalue weighted by molar-refractivity contribution is 5.67. The summed E-state index contributed by atoms with van der Waals surface area (Å²) in [5, 5.41) is 0. The first-order valence-corrected chi connectivity index (χ1v) is 16.8. The molecular formula is C38H54O10. The Morgan fingerprint density at radius 3 is 1.62 bits per heavy atom. The number of carbonyl (C=O) groups excluding carboxylic acids is 3. The minimum atomic E-state index is -0.843. The maximum Gasteiger partial charge on any atom is 0.303 e. The maximum atomic E-state index is 13.4. The number of esters is 3. The van der Waals surface area contributed by atoms with Crippen LogP contribution in [-0.4, -0.2) is 36.2 Å². The molecule has 48 heavy (non-hydrogen) atoms. The van der Waals surface area contributed by atoms with Gasteiger partial charge in [0.25, 0.3) is 0 Å². The normalized spacial score (nSPS) is 16.2. The molecule has 7 atom stereocenters. The van der Waals surface area contributed by atoms with Gasteiger partial charge < -0.3 is 23.0 Å². The molecule has 0 aliphatic rings. The van der Waals surface area contributed by atoms with E-state index in [4.69, 9.17) is 23.0 Å². The zero-order valence-electron chi connectivity index (χ0n) is 31.1. The van der Waals surface area contributed by atoms with Crippen LogP contribution < -0.4 is 10.9 Å². The molecule has 0 aromatic carbocycles. The quantitative estimate of drug-likeness (QED) is 0.115. The highest BCUT2D eigenvalue weighted by Gasteiger charge is 2.38. The van der Waals surface area contributed by atoms with E-state index in [1.54, 1.807) is 27.7 Å². The minimum Gasteiger partial charge on any atom is -0.465 e. The van der Waals surface area contributed by atoms with E-state index in [0.717, 1.165) is 0 Å². The lowest BCUT2D eigenvalue weighted by Gasteiger charge is -2.34. The zero-order valence-corrected chi connectivity index (χ0v) is 31.1. The van der Waals surface area contributed by atoms with Gasteiger partial charge in [-0.3, -0.25) is 24.0 Å². The van der Waals surface area contributed by atoms with Crippen LogP contribution >= 0.6 is 0 Å². The van der Waals surface area contributed by atoms with Gasteiger partial charge in [0.15, 0.2) is 10.9 Å². The van der Waals surface area contributed by atoms with Crippen LogP contribution in [0.25, 0.3) is 0 Å². The molecule has 0 amide bonds. The van der Waals surface area contributed by atoms with Crippen LogP contribution in [0.2, 0.25) is 0 Å². The maximum absolute atomic E-state index is 13.4. The average molecular weight is 671 g/mol. The molecule has 2 aromatic heterocycles. The molecule has 266 valence electrons. The summed E-state index contributed by atoms with van der Waals surface area (Å²) in [5.41, 5.74) is 2.23. The van der Waals surface area contributed by atoms with E-state index in [2.05, 4.69) is 0 Å². The first kappa shape index (κ1) is 40.2. The van der Waals surface area contributed by atoms with Crippen molar-refractivity contribution in [3.8, 4) is 0 Å². The highest BCUT2D eigenvalue weighted by atomic mass is 16.6. The summed E-state index contributed by atoms with van der Waals surface area (Å²) in [6.07, 6.45) is 0.767. The Kier molecular flexibility index (Phi) is 14.2. The molecule has 0 spiro atoms. The zero-order chi connectivity index (χ0) is 36.8. The Bertz CT molecular complexity index is 1640. The van der Waals surface area contributed by atoms with Gasteiger partial charge in [0.1, 0.15) is 41.4 Å². The highest BCUT2D eigenvalue weighted by Crippen LogP contribution is 2.36. The lowest BCUT2D eigenvalue weighted by molar-refractivity contribution is -0.158. The number of carbonyl (C=O) groups is 3. The molecule has 0 saturated heterocycles. The lowest BCUT2D eigenvalue weighted by Crippen LogP contribution is -2.40. The number of hydrogen-bond donors (Lipinski definition) is 0. The number of ether oxygens (including phenoxy) is 3. The SMILES string of the molecule is CCc1oc(C(C)C(OC(C)=O)C(C)C(OC(C)=O)C(C)=CC(C)c2oc(C(C)C(CC)OC(C)=O)c(C)c(=O)c2C)c(C)c(=O)c1C. The summed E-state index contributed by atoms with van der Waals surface area (Å²) < 4.78 is 29.9. The van der Waals surface area contributed by atoms with Gasteiger partial charge in [0.2, 0.25) is 0 Å². The Morgan fingerprint density at radius 2 is 1.15 bits per heavy atom. The monoisotopic (exact) mass is 670 g/mol. The van der Waals surface area contributed by atoms with E-state index < -0.39 is 54.0 Å². The van der Waals surface area contributed by atoms with Gasteiger partial charge in [0.05, 0.1) is 11.8 Å². The van der Waals surface area contributed by atoms with Crippen molar-refractivity contribution in [2.75, 3.05) is 0 Å². The van der Waals surface area contributed by atoms with Crippen molar-refractivity contribution in [1.29, 1.82) is 0 Å². The molecule has 0 radical (unpaired) electrons. The van der Waals surface area contributed by atoms with Gasteiger partial charge in [-0.05, 0) is 46.6 Å².